The fourth-order valence-corrected chi connectivity index (χ4v) is 3.69. The molecule has 3 rings (SSSR count). The maximum Gasteiger partial charge on any atom is 0.186 e. The van der Waals surface area contributed by atoms with Crippen molar-refractivity contribution >= 4 is 22.7 Å². The van der Waals surface area contributed by atoms with Crippen LogP contribution < -0.4 is 5.32 Å². The number of aromatic nitrogens is 2. The van der Waals surface area contributed by atoms with Crippen molar-refractivity contribution in [2.45, 2.75) is 40.5 Å². The summed E-state index contributed by atoms with van der Waals surface area (Å²) in [4.78, 5) is 2.38. The van der Waals surface area contributed by atoms with E-state index in [0.29, 0.717) is 12.5 Å². The first-order chi connectivity index (χ1) is 15.6. The van der Waals surface area contributed by atoms with E-state index in [0.717, 1.165) is 79.4 Å². The van der Waals surface area contributed by atoms with Gasteiger partial charge in [-0.05, 0) is 55.5 Å². The fraction of sp³-hybridized carbons (Fsp3) is 0.500. The number of nitrogens with one attached hydrogen (secondary N) is 2. The molecular weight excluding hydrogens is 400 g/mol. The Kier molecular flexibility index (Phi) is 9.38. The highest BCUT2D eigenvalue weighted by Crippen LogP contribution is 2.27. The first kappa shape index (κ1) is 24.1. The molecule has 1 aromatic heterocycles. The SMILES string of the molecule is CC/C=C\C(C)/C=C/c1n[nH]c2cc(C)c(N/C(=C/CC)OCCN3CCOCC3)cc12. The second-order valence-electron chi connectivity index (χ2n) is 8.28. The topological polar surface area (TPSA) is 62.4 Å². The lowest BCUT2D eigenvalue weighted by molar-refractivity contribution is 0.0277. The molecule has 1 saturated heterocycles. The molecular formula is C26H38N4O2. The molecule has 2 heterocycles. The smallest absolute Gasteiger partial charge is 0.186 e. The molecule has 1 aromatic carbocycles. The molecule has 6 heteroatoms. The Hall–Kier alpha value is -2.57. The van der Waals surface area contributed by atoms with Crippen LogP contribution in [0.4, 0.5) is 5.69 Å². The van der Waals surface area contributed by atoms with Crippen LogP contribution >= 0.6 is 0 Å². The van der Waals surface area contributed by atoms with Crippen LogP contribution in [0.2, 0.25) is 0 Å². The van der Waals surface area contributed by atoms with Gasteiger partial charge in [0.15, 0.2) is 5.88 Å². The van der Waals surface area contributed by atoms with Gasteiger partial charge in [-0.1, -0.05) is 39.0 Å². The molecule has 2 aromatic rings. The molecule has 1 unspecified atom stereocenters. The van der Waals surface area contributed by atoms with E-state index in [-0.39, 0.29) is 0 Å². The third kappa shape index (κ3) is 6.97. The highest BCUT2D eigenvalue weighted by Gasteiger charge is 2.12. The van der Waals surface area contributed by atoms with Crippen LogP contribution in [0.15, 0.2) is 42.3 Å². The van der Waals surface area contributed by atoms with Gasteiger partial charge in [0.2, 0.25) is 0 Å². The normalized spacial score (nSPS) is 16.9. The molecule has 0 radical (unpaired) electrons. The average molecular weight is 439 g/mol. The van der Waals surface area contributed by atoms with Crippen molar-refractivity contribution in [3.8, 4) is 0 Å². The van der Waals surface area contributed by atoms with Gasteiger partial charge in [0.05, 0.1) is 24.4 Å². The van der Waals surface area contributed by atoms with Gasteiger partial charge >= 0.3 is 0 Å². The number of ether oxygens (including phenoxy) is 2. The number of morpholine rings is 1. The lowest BCUT2D eigenvalue weighted by Crippen LogP contribution is -2.38. The van der Waals surface area contributed by atoms with Gasteiger partial charge in [-0.15, -0.1) is 0 Å². The van der Waals surface area contributed by atoms with Gasteiger partial charge in [0, 0.05) is 30.7 Å². The number of hydrogen-bond acceptors (Lipinski definition) is 5. The van der Waals surface area contributed by atoms with E-state index in [4.69, 9.17) is 9.47 Å². The number of H-pyrrole nitrogens is 1. The van der Waals surface area contributed by atoms with Crippen molar-refractivity contribution in [2.75, 3.05) is 44.8 Å². The predicted molar refractivity (Wildman–Crippen MR) is 134 cm³/mol. The number of nitrogens with zero attached hydrogens (tertiary/aromatic N) is 2. The summed E-state index contributed by atoms with van der Waals surface area (Å²) >= 11 is 0. The third-order valence-corrected chi connectivity index (χ3v) is 5.59. The first-order valence-electron chi connectivity index (χ1n) is 11.8. The Bertz CT molecular complexity index is 939. The maximum atomic E-state index is 6.11. The maximum absolute atomic E-state index is 6.11. The molecule has 1 atom stereocenters. The molecule has 6 nitrogen and oxygen atoms in total. The van der Waals surface area contributed by atoms with E-state index in [1.54, 1.807) is 0 Å². The lowest BCUT2D eigenvalue weighted by atomic mass is 10.1. The van der Waals surface area contributed by atoms with Crippen LogP contribution in [0, 0.1) is 12.8 Å². The van der Waals surface area contributed by atoms with E-state index in [1.807, 2.05) is 0 Å². The monoisotopic (exact) mass is 438 g/mol. The predicted octanol–water partition coefficient (Wildman–Crippen LogP) is 5.50. The number of allylic oxidation sites excluding steroid dienone is 4. The summed E-state index contributed by atoms with van der Waals surface area (Å²) in [5.41, 5.74) is 4.18. The molecule has 0 aliphatic carbocycles. The van der Waals surface area contributed by atoms with Crippen molar-refractivity contribution in [3.05, 3.63) is 53.6 Å². The molecule has 1 aliphatic rings. The summed E-state index contributed by atoms with van der Waals surface area (Å²) in [6, 6.07) is 4.30. The van der Waals surface area contributed by atoms with Gasteiger partial charge < -0.3 is 14.8 Å². The van der Waals surface area contributed by atoms with Crippen molar-refractivity contribution in [3.63, 3.8) is 0 Å². The number of hydrogen-bond donors (Lipinski definition) is 2. The Labute approximate surface area is 192 Å². The van der Waals surface area contributed by atoms with Gasteiger partial charge in [0.25, 0.3) is 0 Å². The van der Waals surface area contributed by atoms with Gasteiger partial charge in [-0.3, -0.25) is 10.00 Å². The van der Waals surface area contributed by atoms with E-state index in [1.165, 1.54) is 0 Å². The Morgan fingerprint density at radius 2 is 2.06 bits per heavy atom. The second-order valence-corrected chi connectivity index (χ2v) is 8.28. The van der Waals surface area contributed by atoms with Gasteiger partial charge in [0.1, 0.15) is 6.61 Å². The highest BCUT2D eigenvalue weighted by molar-refractivity contribution is 5.90. The van der Waals surface area contributed by atoms with E-state index < -0.39 is 0 Å². The minimum atomic E-state index is 0.378. The van der Waals surface area contributed by atoms with E-state index in [2.05, 4.69) is 90.6 Å². The summed E-state index contributed by atoms with van der Waals surface area (Å²) < 4.78 is 11.5. The number of rotatable bonds is 11. The summed E-state index contributed by atoms with van der Waals surface area (Å²) in [6.45, 7) is 13.7. The Balaban J connectivity index is 1.70. The third-order valence-electron chi connectivity index (χ3n) is 5.59. The van der Waals surface area contributed by atoms with Gasteiger partial charge in [-0.2, -0.15) is 5.10 Å². The second kappa shape index (κ2) is 12.5. The number of benzene rings is 1. The van der Waals surface area contributed by atoms with Crippen LogP contribution in [0.1, 0.15) is 44.9 Å². The number of aryl methyl sites for hydroxylation is 1. The summed E-state index contributed by atoms with van der Waals surface area (Å²) in [7, 11) is 0. The molecule has 174 valence electrons. The zero-order valence-electron chi connectivity index (χ0n) is 20.0. The fourth-order valence-electron chi connectivity index (χ4n) is 3.69. The minimum absolute atomic E-state index is 0.378. The number of fused-ring (bicyclic) bond motifs is 1. The summed E-state index contributed by atoms with van der Waals surface area (Å²) in [6.07, 6.45) is 12.8. The van der Waals surface area contributed by atoms with Crippen molar-refractivity contribution < 1.29 is 9.47 Å². The largest absolute Gasteiger partial charge is 0.478 e. The Morgan fingerprint density at radius 3 is 2.81 bits per heavy atom. The molecule has 0 saturated carbocycles. The lowest BCUT2D eigenvalue weighted by Gasteiger charge is -2.26. The Morgan fingerprint density at radius 1 is 1.25 bits per heavy atom. The zero-order valence-corrected chi connectivity index (χ0v) is 20.0. The van der Waals surface area contributed by atoms with Crippen molar-refractivity contribution in [2.24, 2.45) is 5.92 Å². The van der Waals surface area contributed by atoms with Crippen molar-refractivity contribution in [1.29, 1.82) is 0 Å². The zero-order chi connectivity index (χ0) is 22.8. The molecule has 0 bridgehead atoms. The molecule has 32 heavy (non-hydrogen) atoms. The van der Waals surface area contributed by atoms with Crippen LogP contribution in [-0.4, -0.2) is 54.6 Å². The quantitative estimate of drug-likeness (QED) is 0.358. The van der Waals surface area contributed by atoms with Crippen LogP contribution in [0.25, 0.3) is 17.0 Å². The standard InChI is InChI=1S/C26H38N4O2/c1-5-7-9-20(3)10-11-23-22-19-24(21(4)18-25(22)29-28-23)27-26(8-6-2)32-17-14-30-12-15-31-16-13-30/h7-11,18-20,27H,5-6,12-17H2,1-4H3,(H,28,29)/b9-7-,11-10+,26-8-. The molecule has 2 N–H and O–H groups in total. The highest BCUT2D eigenvalue weighted by atomic mass is 16.5. The van der Waals surface area contributed by atoms with E-state index >= 15 is 0 Å². The summed E-state index contributed by atoms with van der Waals surface area (Å²) in [5, 5.41) is 12.3. The van der Waals surface area contributed by atoms with Crippen LogP contribution in [-0.2, 0) is 9.47 Å². The van der Waals surface area contributed by atoms with Crippen LogP contribution in [0.5, 0.6) is 0 Å². The molecule has 1 aliphatic heterocycles. The molecule has 1 fully saturated rings. The van der Waals surface area contributed by atoms with Gasteiger partial charge in [-0.25, -0.2) is 0 Å². The summed E-state index contributed by atoms with van der Waals surface area (Å²) in [5.74, 6) is 1.19. The number of aromatic amines is 1. The minimum Gasteiger partial charge on any atom is -0.478 e. The average Bonchev–Trinajstić information content (AvgIpc) is 3.18. The number of anilines is 1. The van der Waals surface area contributed by atoms with E-state index in [9.17, 15) is 0 Å². The van der Waals surface area contributed by atoms with Crippen molar-refractivity contribution in [1.82, 2.24) is 15.1 Å². The molecule has 0 amide bonds. The molecule has 0 spiro atoms. The van der Waals surface area contributed by atoms with Crippen LogP contribution in [0.3, 0.4) is 0 Å². The first-order valence-corrected chi connectivity index (χ1v) is 11.8.